The fourth-order valence-corrected chi connectivity index (χ4v) is 2.27. The van der Waals surface area contributed by atoms with Crippen molar-refractivity contribution >= 4 is 0 Å². The number of hydrogen-bond acceptors (Lipinski definition) is 3. The Hall–Kier alpha value is -1.81. The largest absolute Gasteiger partial charge is 0.493 e. The van der Waals surface area contributed by atoms with Crippen LogP contribution in [0.1, 0.15) is 30.0 Å². The summed E-state index contributed by atoms with van der Waals surface area (Å²) in [6, 6.07) is 6.37. The van der Waals surface area contributed by atoms with Gasteiger partial charge in [0, 0.05) is 31.8 Å². The van der Waals surface area contributed by atoms with Gasteiger partial charge in [0.05, 0.1) is 12.8 Å². The number of benzene rings is 1. The van der Waals surface area contributed by atoms with Crippen LogP contribution < -0.4 is 10.1 Å². The van der Waals surface area contributed by atoms with Crippen LogP contribution >= 0.6 is 0 Å². The summed E-state index contributed by atoms with van der Waals surface area (Å²) in [6.07, 6.45) is 5.94. The maximum Gasteiger partial charge on any atom is 0.123 e. The first-order chi connectivity index (χ1) is 10.2. The highest BCUT2D eigenvalue weighted by Crippen LogP contribution is 2.20. The third kappa shape index (κ3) is 4.90. The summed E-state index contributed by atoms with van der Waals surface area (Å²) < 4.78 is 7.78. The van der Waals surface area contributed by atoms with Gasteiger partial charge in [0.1, 0.15) is 5.75 Å². The molecule has 1 N–H and O–H groups in total. The molecule has 0 saturated carbocycles. The third-order valence-corrected chi connectivity index (χ3v) is 3.36. The van der Waals surface area contributed by atoms with Crippen molar-refractivity contribution in [2.24, 2.45) is 7.05 Å². The molecule has 1 aromatic carbocycles. The minimum absolute atomic E-state index is 0.676. The highest BCUT2D eigenvalue weighted by molar-refractivity contribution is 5.36. The van der Waals surface area contributed by atoms with E-state index in [0.717, 1.165) is 31.7 Å². The standard InChI is InChI=1S/C17H25N3O/c1-4-8-18-12-16-10-14(2)5-6-17(16)21-9-7-15-11-19-20(3)13-15/h5-6,10-11,13,18H,4,7-9,12H2,1-3H3. The molecule has 0 atom stereocenters. The van der Waals surface area contributed by atoms with Gasteiger partial charge in [-0.05, 0) is 31.5 Å². The first-order valence-electron chi connectivity index (χ1n) is 7.59. The summed E-state index contributed by atoms with van der Waals surface area (Å²) in [7, 11) is 1.93. The van der Waals surface area contributed by atoms with Crippen molar-refractivity contribution in [3.63, 3.8) is 0 Å². The molecule has 0 spiro atoms. The lowest BCUT2D eigenvalue weighted by molar-refractivity contribution is 0.317. The average Bonchev–Trinajstić information content (AvgIpc) is 2.87. The van der Waals surface area contributed by atoms with Crippen molar-refractivity contribution in [3.8, 4) is 5.75 Å². The lowest BCUT2D eigenvalue weighted by Gasteiger charge is -2.13. The Bertz CT molecular complexity index is 563. The number of aryl methyl sites for hydroxylation is 2. The predicted octanol–water partition coefficient (Wildman–Crippen LogP) is 2.85. The van der Waals surface area contributed by atoms with E-state index in [1.54, 1.807) is 0 Å². The number of nitrogens with zero attached hydrogens (tertiary/aromatic N) is 2. The van der Waals surface area contributed by atoms with Crippen LogP contribution in [0.25, 0.3) is 0 Å². The molecule has 0 fully saturated rings. The van der Waals surface area contributed by atoms with E-state index in [-0.39, 0.29) is 0 Å². The molecule has 0 radical (unpaired) electrons. The molecule has 0 saturated heterocycles. The quantitative estimate of drug-likeness (QED) is 0.759. The van der Waals surface area contributed by atoms with Gasteiger partial charge in [-0.1, -0.05) is 24.6 Å². The van der Waals surface area contributed by atoms with Crippen molar-refractivity contribution in [2.75, 3.05) is 13.2 Å². The molecule has 0 bridgehead atoms. The minimum atomic E-state index is 0.676. The molecule has 1 heterocycles. The van der Waals surface area contributed by atoms with Crippen molar-refractivity contribution in [3.05, 3.63) is 47.3 Å². The molecule has 0 amide bonds. The van der Waals surface area contributed by atoms with Crippen LogP contribution in [0, 0.1) is 6.92 Å². The van der Waals surface area contributed by atoms with Gasteiger partial charge in [-0.25, -0.2) is 0 Å². The van der Waals surface area contributed by atoms with E-state index >= 15 is 0 Å². The zero-order chi connectivity index (χ0) is 15.1. The Labute approximate surface area is 127 Å². The Kier molecular flexibility index (Phi) is 5.81. The molecule has 4 nitrogen and oxygen atoms in total. The number of ether oxygens (including phenoxy) is 1. The molecule has 2 aromatic rings. The molecule has 0 aliphatic carbocycles. The van der Waals surface area contributed by atoms with Gasteiger partial charge < -0.3 is 10.1 Å². The molecular formula is C17H25N3O. The van der Waals surface area contributed by atoms with Crippen molar-refractivity contribution in [1.82, 2.24) is 15.1 Å². The molecule has 0 aliphatic rings. The predicted molar refractivity (Wildman–Crippen MR) is 85.6 cm³/mol. The summed E-state index contributed by atoms with van der Waals surface area (Å²) in [5.74, 6) is 0.980. The smallest absolute Gasteiger partial charge is 0.123 e. The monoisotopic (exact) mass is 287 g/mol. The van der Waals surface area contributed by atoms with Crippen LogP contribution in [0.5, 0.6) is 5.75 Å². The Morgan fingerprint density at radius 3 is 2.90 bits per heavy atom. The maximum atomic E-state index is 5.96. The molecular weight excluding hydrogens is 262 g/mol. The molecule has 0 unspecified atom stereocenters. The topological polar surface area (TPSA) is 39.1 Å². The Morgan fingerprint density at radius 2 is 2.19 bits per heavy atom. The van der Waals surface area contributed by atoms with Crippen LogP contribution in [0.15, 0.2) is 30.6 Å². The number of rotatable bonds is 8. The van der Waals surface area contributed by atoms with Gasteiger partial charge in [0.25, 0.3) is 0 Å². The number of nitrogens with one attached hydrogen (secondary N) is 1. The van der Waals surface area contributed by atoms with Crippen molar-refractivity contribution in [2.45, 2.75) is 33.2 Å². The average molecular weight is 287 g/mol. The summed E-state index contributed by atoms with van der Waals surface area (Å²) >= 11 is 0. The van der Waals surface area contributed by atoms with Crippen molar-refractivity contribution < 1.29 is 4.74 Å². The summed E-state index contributed by atoms with van der Waals surface area (Å²) in [6.45, 7) is 6.85. The van der Waals surface area contributed by atoms with Gasteiger partial charge in [-0.2, -0.15) is 5.10 Å². The lowest BCUT2D eigenvalue weighted by Crippen LogP contribution is -2.15. The van der Waals surface area contributed by atoms with E-state index in [1.807, 2.05) is 24.1 Å². The fraction of sp³-hybridized carbons (Fsp3) is 0.471. The van der Waals surface area contributed by atoms with E-state index in [2.05, 4.69) is 42.5 Å². The van der Waals surface area contributed by atoms with Crippen LogP contribution in [0.2, 0.25) is 0 Å². The SMILES string of the molecule is CCCNCc1cc(C)ccc1OCCc1cnn(C)c1. The van der Waals surface area contributed by atoms with E-state index < -0.39 is 0 Å². The van der Waals surface area contributed by atoms with E-state index in [4.69, 9.17) is 4.74 Å². The third-order valence-electron chi connectivity index (χ3n) is 3.36. The molecule has 4 heteroatoms. The van der Waals surface area contributed by atoms with Crippen molar-refractivity contribution in [1.29, 1.82) is 0 Å². The minimum Gasteiger partial charge on any atom is -0.493 e. The molecule has 114 valence electrons. The second-order valence-corrected chi connectivity index (χ2v) is 5.41. The fourth-order valence-electron chi connectivity index (χ4n) is 2.27. The molecule has 2 rings (SSSR count). The van der Waals surface area contributed by atoms with E-state index in [0.29, 0.717) is 6.61 Å². The zero-order valence-corrected chi connectivity index (χ0v) is 13.2. The van der Waals surface area contributed by atoms with Crippen LogP contribution in [-0.2, 0) is 20.0 Å². The van der Waals surface area contributed by atoms with E-state index in [9.17, 15) is 0 Å². The highest BCUT2D eigenvalue weighted by Gasteiger charge is 2.05. The van der Waals surface area contributed by atoms with Crippen LogP contribution in [0.4, 0.5) is 0 Å². The summed E-state index contributed by atoms with van der Waals surface area (Å²) in [4.78, 5) is 0. The second kappa shape index (κ2) is 7.84. The highest BCUT2D eigenvalue weighted by atomic mass is 16.5. The first-order valence-corrected chi connectivity index (χ1v) is 7.59. The van der Waals surface area contributed by atoms with Gasteiger partial charge in [0.2, 0.25) is 0 Å². The van der Waals surface area contributed by atoms with E-state index in [1.165, 1.54) is 16.7 Å². The molecule has 21 heavy (non-hydrogen) atoms. The van der Waals surface area contributed by atoms with Crippen LogP contribution in [0.3, 0.4) is 0 Å². The maximum absolute atomic E-state index is 5.96. The molecule has 0 aliphatic heterocycles. The zero-order valence-electron chi connectivity index (χ0n) is 13.2. The Morgan fingerprint density at radius 1 is 1.33 bits per heavy atom. The number of hydrogen-bond donors (Lipinski definition) is 1. The first kappa shape index (κ1) is 15.6. The Balaban J connectivity index is 1.91. The van der Waals surface area contributed by atoms with Gasteiger partial charge in [-0.3, -0.25) is 4.68 Å². The summed E-state index contributed by atoms with van der Waals surface area (Å²) in [5, 5.41) is 7.61. The normalized spacial score (nSPS) is 10.8. The summed E-state index contributed by atoms with van der Waals surface area (Å²) in [5.41, 5.74) is 3.70. The second-order valence-electron chi connectivity index (χ2n) is 5.41. The number of aromatic nitrogens is 2. The van der Waals surface area contributed by atoms with Crippen LogP contribution in [-0.4, -0.2) is 22.9 Å². The van der Waals surface area contributed by atoms with Gasteiger partial charge >= 0.3 is 0 Å². The molecule has 1 aromatic heterocycles. The lowest BCUT2D eigenvalue weighted by atomic mass is 10.1. The van der Waals surface area contributed by atoms with Gasteiger partial charge in [0.15, 0.2) is 0 Å². The van der Waals surface area contributed by atoms with Gasteiger partial charge in [-0.15, -0.1) is 0 Å².